The van der Waals surface area contributed by atoms with Crippen LogP contribution in [0.2, 0.25) is 0 Å². The maximum Gasteiger partial charge on any atom is 0.267 e. The van der Waals surface area contributed by atoms with Crippen LogP contribution in [0.1, 0.15) is 41.9 Å². The first kappa shape index (κ1) is 16.2. The van der Waals surface area contributed by atoms with E-state index < -0.39 is 0 Å². The SMILES string of the molecule is CC1CCC2C(C1)C(=O)Nc1c(C(=O)N3CCOCC3)sc(=S)n12. The number of carbonyl (C=O) groups excluding carboxylic acids is 2. The van der Waals surface area contributed by atoms with Crippen molar-refractivity contribution in [2.75, 3.05) is 31.6 Å². The van der Waals surface area contributed by atoms with Gasteiger partial charge in [0.25, 0.3) is 5.91 Å². The summed E-state index contributed by atoms with van der Waals surface area (Å²) in [5.41, 5.74) is 0. The van der Waals surface area contributed by atoms with Gasteiger partial charge in [-0.1, -0.05) is 18.3 Å². The highest BCUT2D eigenvalue weighted by Gasteiger charge is 2.42. The second-order valence-corrected chi connectivity index (χ2v) is 8.55. The van der Waals surface area contributed by atoms with E-state index in [1.165, 1.54) is 11.3 Å². The summed E-state index contributed by atoms with van der Waals surface area (Å²) < 4.78 is 8.03. The molecule has 2 fully saturated rings. The largest absolute Gasteiger partial charge is 0.378 e. The molecule has 1 aromatic rings. The average molecular weight is 367 g/mol. The molecule has 4 rings (SSSR count). The maximum atomic E-state index is 12.9. The zero-order valence-corrected chi connectivity index (χ0v) is 15.3. The van der Waals surface area contributed by atoms with Crippen LogP contribution in [0.5, 0.6) is 0 Å². The third-order valence-electron chi connectivity index (χ3n) is 5.32. The van der Waals surface area contributed by atoms with E-state index in [4.69, 9.17) is 17.0 Å². The molecule has 0 radical (unpaired) electrons. The van der Waals surface area contributed by atoms with E-state index in [9.17, 15) is 9.59 Å². The number of anilines is 1. The fourth-order valence-electron chi connectivity index (χ4n) is 4.02. The Hall–Kier alpha value is -1.25. The Morgan fingerprint density at radius 3 is 2.83 bits per heavy atom. The highest BCUT2D eigenvalue weighted by atomic mass is 32.1. The van der Waals surface area contributed by atoms with Gasteiger partial charge in [0, 0.05) is 19.1 Å². The van der Waals surface area contributed by atoms with Crippen molar-refractivity contribution in [2.45, 2.75) is 32.2 Å². The van der Waals surface area contributed by atoms with Crippen LogP contribution in [-0.2, 0) is 9.53 Å². The van der Waals surface area contributed by atoms with E-state index in [0.717, 1.165) is 19.3 Å². The average Bonchev–Trinajstić information content (AvgIpc) is 2.92. The number of amides is 2. The minimum Gasteiger partial charge on any atom is -0.378 e. The summed E-state index contributed by atoms with van der Waals surface area (Å²) in [4.78, 5) is 27.8. The van der Waals surface area contributed by atoms with E-state index in [0.29, 0.717) is 46.9 Å². The number of hydrogen-bond acceptors (Lipinski definition) is 5. The van der Waals surface area contributed by atoms with Gasteiger partial charge in [-0.15, -0.1) is 0 Å². The number of aromatic nitrogens is 1. The highest BCUT2D eigenvalue weighted by molar-refractivity contribution is 7.73. The molecule has 0 spiro atoms. The molecule has 1 saturated heterocycles. The quantitative estimate of drug-likeness (QED) is 0.775. The summed E-state index contributed by atoms with van der Waals surface area (Å²) in [5, 5.41) is 2.98. The van der Waals surface area contributed by atoms with Crippen LogP contribution >= 0.6 is 23.6 Å². The molecule has 3 atom stereocenters. The van der Waals surface area contributed by atoms with Crippen LogP contribution in [0.25, 0.3) is 0 Å². The zero-order valence-electron chi connectivity index (χ0n) is 13.6. The second-order valence-electron chi connectivity index (χ2n) is 6.90. The molecule has 130 valence electrons. The van der Waals surface area contributed by atoms with Gasteiger partial charge >= 0.3 is 0 Å². The van der Waals surface area contributed by atoms with Crippen molar-refractivity contribution in [1.82, 2.24) is 9.47 Å². The molecule has 0 aromatic carbocycles. The van der Waals surface area contributed by atoms with Gasteiger partial charge in [-0.2, -0.15) is 0 Å². The molecular formula is C16H21N3O3S2. The molecule has 1 aromatic heterocycles. The van der Waals surface area contributed by atoms with Gasteiger partial charge in [0.1, 0.15) is 10.7 Å². The number of nitrogens with one attached hydrogen (secondary N) is 1. The summed E-state index contributed by atoms with van der Waals surface area (Å²) >= 11 is 6.87. The van der Waals surface area contributed by atoms with Crippen molar-refractivity contribution in [1.29, 1.82) is 0 Å². The first-order valence-corrected chi connectivity index (χ1v) is 9.72. The van der Waals surface area contributed by atoms with Crippen LogP contribution in [0, 0.1) is 15.8 Å². The van der Waals surface area contributed by atoms with Gasteiger partial charge in [-0.05, 0) is 37.4 Å². The Labute approximate surface area is 149 Å². The molecule has 8 heteroatoms. The van der Waals surface area contributed by atoms with Crippen molar-refractivity contribution < 1.29 is 14.3 Å². The number of morpholine rings is 1. The summed E-state index contributed by atoms with van der Waals surface area (Å²) in [6, 6.07) is 0.0972. The van der Waals surface area contributed by atoms with Crippen molar-refractivity contribution in [2.24, 2.45) is 11.8 Å². The van der Waals surface area contributed by atoms with E-state index in [-0.39, 0.29) is 23.8 Å². The van der Waals surface area contributed by atoms with E-state index in [1.54, 1.807) is 4.90 Å². The molecular weight excluding hydrogens is 346 g/mol. The summed E-state index contributed by atoms with van der Waals surface area (Å²) in [6.07, 6.45) is 2.93. The summed E-state index contributed by atoms with van der Waals surface area (Å²) in [6.45, 7) is 4.48. The molecule has 3 heterocycles. The fraction of sp³-hybridized carbons (Fsp3) is 0.688. The monoisotopic (exact) mass is 367 g/mol. The molecule has 6 nitrogen and oxygen atoms in total. The Morgan fingerprint density at radius 1 is 1.33 bits per heavy atom. The Balaban J connectivity index is 1.71. The lowest BCUT2D eigenvalue weighted by Gasteiger charge is -2.39. The first-order chi connectivity index (χ1) is 11.6. The summed E-state index contributed by atoms with van der Waals surface area (Å²) in [5.74, 6) is 1.12. The van der Waals surface area contributed by atoms with E-state index in [2.05, 4.69) is 12.2 Å². The van der Waals surface area contributed by atoms with Crippen LogP contribution in [0.4, 0.5) is 5.82 Å². The number of carbonyl (C=O) groups is 2. The molecule has 1 N–H and O–H groups in total. The van der Waals surface area contributed by atoms with Gasteiger partial charge in [-0.3, -0.25) is 9.59 Å². The van der Waals surface area contributed by atoms with Gasteiger partial charge in [0.2, 0.25) is 5.91 Å². The van der Waals surface area contributed by atoms with E-state index >= 15 is 0 Å². The minimum atomic E-state index is -0.0499. The van der Waals surface area contributed by atoms with Gasteiger partial charge < -0.3 is 19.5 Å². The standard InChI is InChI=1S/C16H21N3O3S2/c1-9-2-3-11-10(8-9)14(20)17-13-12(24-16(23)19(11)13)15(21)18-4-6-22-7-5-18/h9-11H,2-8H2,1H3,(H,17,20). The topological polar surface area (TPSA) is 63.6 Å². The number of rotatable bonds is 1. The molecule has 2 aliphatic heterocycles. The normalized spacial score (nSPS) is 29.6. The lowest BCUT2D eigenvalue weighted by Crippen LogP contribution is -2.43. The smallest absolute Gasteiger partial charge is 0.267 e. The van der Waals surface area contributed by atoms with Gasteiger partial charge in [0.05, 0.1) is 19.1 Å². The Bertz CT molecular complexity index is 735. The van der Waals surface area contributed by atoms with E-state index in [1.807, 2.05) is 4.57 Å². The number of hydrogen-bond donors (Lipinski definition) is 1. The number of fused-ring (bicyclic) bond motifs is 3. The third-order valence-corrected chi connectivity index (χ3v) is 6.71. The maximum absolute atomic E-state index is 12.9. The molecule has 1 saturated carbocycles. The van der Waals surface area contributed by atoms with Crippen molar-refractivity contribution >= 4 is 41.2 Å². The second kappa shape index (κ2) is 6.24. The van der Waals surface area contributed by atoms with Crippen LogP contribution in [-0.4, -0.2) is 47.6 Å². The lowest BCUT2D eigenvalue weighted by molar-refractivity contribution is -0.123. The number of thiazole rings is 1. The Kier molecular flexibility index (Phi) is 4.22. The molecule has 3 aliphatic rings. The third kappa shape index (κ3) is 2.60. The fourth-order valence-corrected chi connectivity index (χ4v) is 5.46. The number of nitrogens with zero attached hydrogens (tertiary/aromatic N) is 2. The van der Waals surface area contributed by atoms with Crippen molar-refractivity contribution in [3.05, 3.63) is 8.83 Å². The van der Waals surface area contributed by atoms with Crippen LogP contribution in [0.15, 0.2) is 0 Å². The number of ether oxygens (including phenoxy) is 1. The van der Waals surface area contributed by atoms with Crippen LogP contribution in [0.3, 0.4) is 0 Å². The lowest BCUT2D eigenvalue weighted by atomic mass is 9.77. The molecule has 1 aliphatic carbocycles. The predicted molar refractivity (Wildman–Crippen MR) is 94.0 cm³/mol. The van der Waals surface area contributed by atoms with Gasteiger partial charge in [-0.25, -0.2) is 0 Å². The van der Waals surface area contributed by atoms with Crippen LogP contribution < -0.4 is 5.32 Å². The minimum absolute atomic E-state index is 0.0334. The predicted octanol–water partition coefficient (Wildman–Crippen LogP) is 2.68. The summed E-state index contributed by atoms with van der Waals surface area (Å²) in [7, 11) is 0. The molecule has 24 heavy (non-hydrogen) atoms. The highest BCUT2D eigenvalue weighted by Crippen LogP contribution is 2.45. The molecule has 3 unspecified atom stereocenters. The zero-order chi connectivity index (χ0) is 16.8. The van der Waals surface area contributed by atoms with Crippen molar-refractivity contribution in [3.63, 3.8) is 0 Å². The van der Waals surface area contributed by atoms with Gasteiger partial charge in [0.15, 0.2) is 3.95 Å². The molecule has 2 amide bonds. The molecule has 0 bridgehead atoms. The van der Waals surface area contributed by atoms with Crippen molar-refractivity contribution in [3.8, 4) is 0 Å². The Morgan fingerprint density at radius 2 is 2.08 bits per heavy atom. The first-order valence-electron chi connectivity index (χ1n) is 8.49.